The lowest BCUT2D eigenvalue weighted by Crippen LogP contribution is -2.43. The topological polar surface area (TPSA) is 47.5 Å². The Morgan fingerprint density at radius 2 is 1.95 bits per heavy atom. The number of nitrogens with zero attached hydrogens (tertiary/aromatic N) is 3. The monoisotopic (exact) mass is 277 g/mol. The van der Waals surface area contributed by atoms with Crippen LogP contribution in [-0.4, -0.2) is 42.9 Å². The van der Waals surface area contributed by atoms with Gasteiger partial charge in [-0.3, -0.25) is 4.98 Å². The van der Waals surface area contributed by atoms with Gasteiger partial charge in [-0.1, -0.05) is 0 Å². The summed E-state index contributed by atoms with van der Waals surface area (Å²) in [5.74, 6) is 1.56. The Kier molecular flexibility index (Phi) is 4.05. The Morgan fingerprint density at radius 3 is 2.65 bits per heavy atom. The maximum atomic E-state index is 5.50. The first-order valence-corrected chi connectivity index (χ1v) is 7.59. The highest BCUT2D eigenvalue weighted by atomic mass is 16.5. The molecule has 3 heterocycles. The fraction of sp³-hybridized carbons (Fsp3) is 0.733. The molecule has 5 heteroatoms. The number of piperidine rings is 1. The number of hydrogen-bond donors (Lipinski definition) is 0. The first-order chi connectivity index (χ1) is 9.81. The molecule has 0 amide bonds. The SMILES string of the molecule is CCOc1cncc(N2CCC3(CCOCC3)CC2)n1. The number of aromatic nitrogens is 2. The predicted molar refractivity (Wildman–Crippen MR) is 77.1 cm³/mol. The average Bonchev–Trinajstić information content (AvgIpc) is 2.50. The third-order valence-electron chi connectivity index (χ3n) is 4.59. The third-order valence-corrected chi connectivity index (χ3v) is 4.59. The first-order valence-electron chi connectivity index (χ1n) is 7.59. The highest BCUT2D eigenvalue weighted by Gasteiger charge is 2.36. The summed E-state index contributed by atoms with van der Waals surface area (Å²) in [5, 5.41) is 0. The molecule has 0 radical (unpaired) electrons. The van der Waals surface area contributed by atoms with Crippen molar-refractivity contribution in [1.82, 2.24) is 9.97 Å². The van der Waals surface area contributed by atoms with Crippen molar-refractivity contribution in [2.45, 2.75) is 32.6 Å². The van der Waals surface area contributed by atoms with Gasteiger partial charge in [-0.2, -0.15) is 4.98 Å². The van der Waals surface area contributed by atoms with Crippen LogP contribution < -0.4 is 9.64 Å². The Balaban J connectivity index is 1.64. The molecule has 0 atom stereocenters. The third kappa shape index (κ3) is 2.87. The summed E-state index contributed by atoms with van der Waals surface area (Å²) >= 11 is 0. The van der Waals surface area contributed by atoms with E-state index in [0.29, 0.717) is 17.9 Å². The quantitative estimate of drug-likeness (QED) is 0.848. The van der Waals surface area contributed by atoms with Crippen molar-refractivity contribution in [3.8, 4) is 5.88 Å². The number of ether oxygens (including phenoxy) is 2. The number of hydrogen-bond acceptors (Lipinski definition) is 5. The molecular formula is C15H23N3O2. The van der Waals surface area contributed by atoms with E-state index >= 15 is 0 Å². The molecule has 0 unspecified atom stereocenters. The summed E-state index contributed by atoms with van der Waals surface area (Å²) in [7, 11) is 0. The van der Waals surface area contributed by atoms with Crippen LogP contribution in [0.25, 0.3) is 0 Å². The van der Waals surface area contributed by atoms with E-state index in [1.165, 1.54) is 25.7 Å². The molecule has 3 rings (SSSR count). The second kappa shape index (κ2) is 5.95. The van der Waals surface area contributed by atoms with Crippen LogP contribution in [-0.2, 0) is 4.74 Å². The first kappa shape index (κ1) is 13.6. The van der Waals surface area contributed by atoms with Gasteiger partial charge < -0.3 is 14.4 Å². The maximum Gasteiger partial charge on any atom is 0.234 e. The van der Waals surface area contributed by atoms with Gasteiger partial charge in [0.25, 0.3) is 0 Å². The van der Waals surface area contributed by atoms with Gasteiger partial charge in [-0.05, 0) is 38.0 Å². The van der Waals surface area contributed by atoms with Crippen molar-refractivity contribution >= 4 is 5.82 Å². The van der Waals surface area contributed by atoms with E-state index in [-0.39, 0.29) is 0 Å². The second-order valence-electron chi connectivity index (χ2n) is 5.75. The van der Waals surface area contributed by atoms with Crippen molar-refractivity contribution in [3.05, 3.63) is 12.4 Å². The van der Waals surface area contributed by atoms with Gasteiger partial charge in [0.05, 0.1) is 19.0 Å². The molecular weight excluding hydrogens is 254 g/mol. The van der Waals surface area contributed by atoms with E-state index < -0.39 is 0 Å². The molecule has 2 fully saturated rings. The molecule has 20 heavy (non-hydrogen) atoms. The van der Waals surface area contributed by atoms with E-state index in [1.54, 1.807) is 6.20 Å². The van der Waals surface area contributed by atoms with Crippen LogP contribution in [0.1, 0.15) is 32.6 Å². The molecule has 0 saturated carbocycles. The highest BCUT2D eigenvalue weighted by molar-refractivity contribution is 5.38. The van der Waals surface area contributed by atoms with Gasteiger partial charge in [0.2, 0.25) is 5.88 Å². The minimum absolute atomic E-state index is 0.514. The maximum absolute atomic E-state index is 5.50. The van der Waals surface area contributed by atoms with E-state index in [0.717, 1.165) is 32.1 Å². The largest absolute Gasteiger partial charge is 0.477 e. The molecule has 1 aromatic rings. The van der Waals surface area contributed by atoms with Gasteiger partial charge in [-0.25, -0.2) is 0 Å². The molecule has 2 aliphatic heterocycles. The van der Waals surface area contributed by atoms with E-state index in [9.17, 15) is 0 Å². The molecule has 2 aliphatic rings. The lowest BCUT2D eigenvalue weighted by atomic mass is 9.72. The standard InChI is InChI=1S/C15H23N3O2/c1-2-20-14-12-16-11-13(17-14)18-7-3-15(4-8-18)5-9-19-10-6-15/h11-12H,2-10H2,1H3. The Labute approximate surface area is 120 Å². The summed E-state index contributed by atoms with van der Waals surface area (Å²) in [4.78, 5) is 11.1. The Morgan fingerprint density at radius 1 is 1.20 bits per heavy atom. The van der Waals surface area contributed by atoms with Crippen LogP contribution in [0.5, 0.6) is 5.88 Å². The van der Waals surface area contributed by atoms with Crippen molar-refractivity contribution in [2.24, 2.45) is 5.41 Å². The van der Waals surface area contributed by atoms with Crippen molar-refractivity contribution in [3.63, 3.8) is 0 Å². The molecule has 5 nitrogen and oxygen atoms in total. The van der Waals surface area contributed by atoms with Gasteiger partial charge >= 0.3 is 0 Å². The highest BCUT2D eigenvalue weighted by Crippen LogP contribution is 2.41. The van der Waals surface area contributed by atoms with E-state index in [2.05, 4.69) is 14.9 Å². The number of anilines is 1. The molecule has 1 aromatic heterocycles. The Hall–Kier alpha value is -1.36. The van der Waals surface area contributed by atoms with E-state index in [1.807, 2.05) is 13.1 Å². The molecule has 0 aromatic carbocycles. The fourth-order valence-corrected chi connectivity index (χ4v) is 3.22. The summed E-state index contributed by atoms with van der Waals surface area (Å²) in [5.41, 5.74) is 0.514. The summed E-state index contributed by atoms with van der Waals surface area (Å²) < 4.78 is 10.9. The Bertz CT molecular complexity index is 436. The van der Waals surface area contributed by atoms with Crippen LogP contribution in [0.3, 0.4) is 0 Å². The summed E-state index contributed by atoms with van der Waals surface area (Å²) in [6.45, 7) is 6.57. The second-order valence-corrected chi connectivity index (χ2v) is 5.75. The van der Waals surface area contributed by atoms with Crippen LogP contribution in [0.4, 0.5) is 5.82 Å². The lowest BCUT2D eigenvalue weighted by Gasteiger charge is -2.44. The molecule has 1 spiro atoms. The van der Waals surface area contributed by atoms with Crippen molar-refractivity contribution in [2.75, 3.05) is 37.8 Å². The molecule has 110 valence electrons. The van der Waals surface area contributed by atoms with Crippen molar-refractivity contribution in [1.29, 1.82) is 0 Å². The zero-order chi connectivity index (χ0) is 13.8. The van der Waals surface area contributed by atoms with E-state index in [4.69, 9.17) is 9.47 Å². The normalized spacial score (nSPS) is 21.9. The van der Waals surface area contributed by atoms with Gasteiger partial charge in [0.1, 0.15) is 0 Å². The predicted octanol–water partition coefficient (Wildman–Crippen LogP) is 2.27. The smallest absolute Gasteiger partial charge is 0.234 e. The van der Waals surface area contributed by atoms with Crippen LogP contribution >= 0.6 is 0 Å². The molecule has 0 N–H and O–H groups in total. The molecule has 2 saturated heterocycles. The van der Waals surface area contributed by atoms with Gasteiger partial charge in [0, 0.05) is 26.3 Å². The molecule has 0 bridgehead atoms. The van der Waals surface area contributed by atoms with Crippen LogP contribution in [0.15, 0.2) is 12.4 Å². The lowest BCUT2D eigenvalue weighted by molar-refractivity contribution is 0.00205. The fourth-order valence-electron chi connectivity index (χ4n) is 3.22. The zero-order valence-electron chi connectivity index (χ0n) is 12.2. The average molecular weight is 277 g/mol. The molecule has 0 aliphatic carbocycles. The van der Waals surface area contributed by atoms with Gasteiger partial charge in [0.15, 0.2) is 5.82 Å². The number of rotatable bonds is 3. The van der Waals surface area contributed by atoms with Crippen molar-refractivity contribution < 1.29 is 9.47 Å². The summed E-state index contributed by atoms with van der Waals surface area (Å²) in [6.07, 6.45) is 8.41. The van der Waals surface area contributed by atoms with Gasteiger partial charge in [-0.15, -0.1) is 0 Å². The minimum Gasteiger partial charge on any atom is -0.477 e. The minimum atomic E-state index is 0.514. The zero-order valence-corrected chi connectivity index (χ0v) is 12.2. The van der Waals surface area contributed by atoms with Crippen LogP contribution in [0, 0.1) is 5.41 Å². The van der Waals surface area contributed by atoms with Crippen LogP contribution in [0.2, 0.25) is 0 Å². The summed E-state index contributed by atoms with van der Waals surface area (Å²) in [6, 6.07) is 0.